The number of nitro groups is 1. The molecule has 1 N–H and O–H groups in total. The number of non-ortho nitro benzene ring substituents is 1. The number of nitro benzene ring substituents is 1. The normalized spacial score (nSPS) is 9.33. The molecule has 12 heavy (non-hydrogen) atoms. The predicted octanol–water partition coefficient (Wildman–Crippen LogP) is 2.29. The van der Waals surface area contributed by atoms with E-state index in [4.69, 9.17) is 5.41 Å². The second-order valence-electron chi connectivity index (χ2n) is 1.99. The van der Waals surface area contributed by atoms with Gasteiger partial charge in [-0.25, -0.2) is 0 Å². The molecule has 0 aliphatic carbocycles. The Bertz CT molecular complexity index is 297. The van der Waals surface area contributed by atoms with E-state index in [-0.39, 0.29) is 5.69 Å². The quantitative estimate of drug-likeness (QED) is 0.256. The van der Waals surface area contributed by atoms with Crippen LogP contribution in [-0.2, 0) is 0 Å². The highest BCUT2D eigenvalue weighted by atomic mass is 32.2. The molecule has 1 aromatic rings. The van der Waals surface area contributed by atoms with E-state index >= 15 is 0 Å². The van der Waals surface area contributed by atoms with Crippen molar-refractivity contribution in [1.29, 1.82) is 5.41 Å². The standard InChI is InChI=1S/C7H6N2O2S/c8-5-12-7-3-1-6(2-4-7)9(10)11/h1-5,8H. The molecule has 0 amide bonds. The number of nitrogens with zero attached hydrogens (tertiary/aromatic N) is 1. The summed E-state index contributed by atoms with van der Waals surface area (Å²) in [5.74, 6) is 0. The monoisotopic (exact) mass is 182 g/mol. The van der Waals surface area contributed by atoms with Crippen molar-refractivity contribution in [3.05, 3.63) is 34.4 Å². The zero-order valence-electron chi connectivity index (χ0n) is 6.06. The molecule has 0 unspecified atom stereocenters. The molecule has 0 saturated carbocycles. The van der Waals surface area contributed by atoms with Crippen LogP contribution in [0.25, 0.3) is 0 Å². The molecule has 1 rings (SSSR count). The Labute approximate surface area is 73.3 Å². The van der Waals surface area contributed by atoms with Crippen molar-refractivity contribution in [2.24, 2.45) is 0 Å². The maximum Gasteiger partial charge on any atom is 0.269 e. The summed E-state index contributed by atoms with van der Waals surface area (Å²) < 4.78 is 0. The molecule has 0 bridgehead atoms. The first-order chi connectivity index (χ1) is 5.74. The van der Waals surface area contributed by atoms with Crippen LogP contribution in [-0.4, -0.2) is 10.5 Å². The third kappa shape index (κ3) is 2.06. The van der Waals surface area contributed by atoms with Crippen LogP contribution in [0, 0.1) is 15.5 Å². The van der Waals surface area contributed by atoms with Gasteiger partial charge in [-0.2, -0.15) is 0 Å². The van der Waals surface area contributed by atoms with Crippen LogP contribution in [0.3, 0.4) is 0 Å². The maximum absolute atomic E-state index is 10.2. The van der Waals surface area contributed by atoms with Gasteiger partial charge >= 0.3 is 0 Å². The molecular formula is C7H6N2O2S. The van der Waals surface area contributed by atoms with Crippen LogP contribution in [0.1, 0.15) is 0 Å². The summed E-state index contributed by atoms with van der Waals surface area (Å²) >= 11 is 1.21. The summed E-state index contributed by atoms with van der Waals surface area (Å²) in [4.78, 5) is 10.6. The fourth-order valence-corrected chi connectivity index (χ4v) is 1.14. The van der Waals surface area contributed by atoms with E-state index in [1.165, 1.54) is 29.4 Å². The average molecular weight is 182 g/mol. The van der Waals surface area contributed by atoms with Crippen molar-refractivity contribution in [3.63, 3.8) is 0 Å². The molecule has 0 atom stereocenters. The zero-order valence-corrected chi connectivity index (χ0v) is 6.88. The predicted molar refractivity (Wildman–Crippen MR) is 47.7 cm³/mol. The van der Waals surface area contributed by atoms with E-state index in [1.807, 2.05) is 0 Å². The van der Waals surface area contributed by atoms with Gasteiger partial charge in [-0.1, -0.05) is 11.8 Å². The van der Waals surface area contributed by atoms with Gasteiger partial charge in [0.1, 0.15) is 0 Å². The lowest BCUT2D eigenvalue weighted by Crippen LogP contribution is -1.86. The van der Waals surface area contributed by atoms with Crippen LogP contribution in [0.15, 0.2) is 29.2 Å². The van der Waals surface area contributed by atoms with Crippen LogP contribution >= 0.6 is 11.8 Å². The number of nitrogens with one attached hydrogen (secondary N) is 1. The summed E-state index contributed by atoms with van der Waals surface area (Å²) in [5.41, 5.74) is 1.26. The Morgan fingerprint density at radius 2 is 2.00 bits per heavy atom. The Kier molecular flexibility index (Phi) is 2.82. The summed E-state index contributed by atoms with van der Waals surface area (Å²) in [6.07, 6.45) is 0. The number of hydrogen-bond acceptors (Lipinski definition) is 4. The molecule has 0 aliphatic heterocycles. The van der Waals surface area contributed by atoms with Crippen LogP contribution in [0.2, 0.25) is 0 Å². The Hall–Kier alpha value is -1.36. The number of rotatable bonds is 3. The highest BCUT2D eigenvalue weighted by Gasteiger charge is 2.02. The minimum Gasteiger partial charge on any atom is -0.302 e. The van der Waals surface area contributed by atoms with Crippen molar-refractivity contribution in [1.82, 2.24) is 0 Å². The maximum atomic E-state index is 10.2. The van der Waals surface area contributed by atoms with Crippen molar-refractivity contribution in [2.45, 2.75) is 4.90 Å². The molecule has 0 spiro atoms. The van der Waals surface area contributed by atoms with E-state index in [9.17, 15) is 10.1 Å². The molecule has 4 nitrogen and oxygen atoms in total. The lowest BCUT2D eigenvalue weighted by Gasteiger charge is -1.93. The Morgan fingerprint density at radius 1 is 1.42 bits per heavy atom. The molecule has 0 aliphatic rings. The lowest BCUT2D eigenvalue weighted by atomic mass is 10.3. The third-order valence-electron chi connectivity index (χ3n) is 1.24. The van der Waals surface area contributed by atoms with E-state index in [0.29, 0.717) is 0 Å². The Morgan fingerprint density at radius 3 is 2.42 bits per heavy atom. The number of thioether (sulfide) groups is 1. The second kappa shape index (κ2) is 3.87. The third-order valence-corrected chi connectivity index (χ3v) is 1.90. The van der Waals surface area contributed by atoms with E-state index in [1.54, 1.807) is 12.1 Å². The minimum absolute atomic E-state index is 0.0735. The SMILES string of the molecule is N=CSc1ccc([N+](=O)[O-])cc1. The second-order valence-corrected chi connectivity index (χ2v) is 2.93. The van der Waals surface area contributed by atoms with E-state index in [2.05, 4.69) is 0 Å². The van der Waals surface area contributed by atoms with Crippen molar-refractivity contribution >= 4 is 23.0 Å². The first-order valence-corrected chi connectivity index (χ1v) is 4.02. The Balaban J connectivity index is 2.85. The highest BCUT2D eigenvalue weighted by molar-refractivity contribution is 8.12. The van der Waals surface area contributed by atoms with Gasteiger partial charge in [0.15, 0.2) is 0 Å². The summed E-state index contributed by atoms with van der Waals surface area (Å²) in [7, 11) is 0. The smallest absolute Gasteiger partial charge is 0.269 e. The highest BCUT2D eigenvalue weighted by Crippen LogP contribution is 2.18. The zero-order chi connectivity index (χ0) is 8.97. The largest absolute Gasteiger partial charge is 0.302 e. The fourth-order valence-electron chi connectivity index (χ4n) is 0.714. The molecule has 0 fully saturated rings. The van der Waals surface area contributed by atoms with Gasteiger partial charge in [-0.3, -0.25) is 10.1 Å². The molecule has 0 heterocycles. The number of benzene rings is 1. The van der Waals surface area contributed by atoms with E-state index < -0.39 is 4.92 Å². The first-order valence-electron chi connectivity index (χ1n) is 3.14. The van der Waals surface area contributed by atoms with Gasteiger partial charge in [0.05, 0.1) is 10.5 Å². The molecule has 1 aromatic carbocycles. The van der Waals surface area contributed by atoms with Crippen molar-refractivity contribution in [3.8, 4) is 0 Å². The van der Waals surface area contributed by atoms with Crippen LogP contribution in [0.5, 0.6) is 0 Å². The van der Waals surface area contributed by atoms with Gasteiger partial charge in [0.25, 0.3) is 5.69 Å². The summed E-state index contributed by atoms with van der Waals surface area (Å²) in [5, 5.41) is 17.0. The molecule has 62 valence electrons. The van der Waals surface area contributed by atoms with Crippen molar-refractivity contribution in [2.75, 3.05) is 0 Å². The van der Waals surface area contributed by atoms with Gasteiger partial charge in [-0.15, -0.1) is 0 Å². The van der Waals surface area contributed by atoms with Gasteiger partial charge in [0.2, 0.25) is 0 Å². The van der Waals surface area contributed by atoms with Crippen molar-refractivity contribution < 1.29 is 4.92 Å². The van der Waals surface area contributed by atoms with Crippen LogP contribution < -0.4 is 0 Å². The first kappa shape index (κ1) is 8.73. The number of hydrogen-bond donors (Lipinski definition) is 1. The minimum atomic E-state index is -0.446. The summed E-state index contributed by atoms with van der Waals surface area (Å²) in [6.45, 7) is 0. The van der Waals surface area contributed by atoms with Crippen LogP contribution in [0.4, 0.5) is 5.69 Å². The van der Waals surface area contributed by atoms with Gasteiger partial charge < -0.3 is 5.41 Å². The van der Waals surface area contributed by atoms with Gasteiger partial charge in [-0.05, 0) is 12.1 Å². The van der Waals surface area contributed by atoms with E-state index in [0.717, 1.165) is 4.90 Å². The fraction of sp³-hybridized carbons (Fsp3) is 0. The van der Waals surface area contributed by atoms with Gasteiger partial charge in [0, 0.05) is 17.0 Å². The molecule has 0 saturated heterocycles. The molecule has 0 aromatic heterocycles. The molecule has 0 radical (unpaired) electrons. The topological polar surface area (TPSA) is 67.0 Å². The molecule has 5 heteroatoms. The summed E-state index contributed by atoms with van der Waals surface area (Å²) in [6, 6.07) is 6.08. The lowest BCUT2D eigenvalue weighted by molar-refractivity contribution is -0.384. The average Bonchev–Trinajstić information content (AvgIpc) is 2.06. The molecular weight excluding hydrogens is 176 g/mol.